The molecule has 0 aromatic carbocycles. The van der Waals surface area contributed by atoms with E-state index in [4.69, 9.17) is 9.47 Å². The summed E-state index contributed by atoms with van der Waals surface area (Å²) in [5, 5.41) is 13.1. The van der Waals surface area contributed by atoms with Crippen molar-refractivity contribution in [2.24, 2.45) is 0 Å². The Bertz CT molecular complexity index is 209. The van der Waals surface area contributed by atoms with Crippen LogP contribution in [0.5, 0.6) is 0 Å². The minimum atomic E-state index is -0.951. The normalized spacial score (nSPS) is 35.6. The minimum Gasteiger partial charge on any atom is -0.388 e. The average molecular weight is 219 g/mol. The van der Waals surface area contributed by atoms with Crippen LogP contribution in [0.4, 0.5) is 4.39 Å². The van der Waals surface area contributed by atoms with Crippen molar-refractivity contribution in [1.82, 2.24) is 5.32 Å². The Morgan fingerprint density at radius 3 is 2.60 bits per heavy atom. The molecule has 2 fully saturated rings. The zero-order chi connectivity index (χ0) is 10.7. The summed E-state index contributed by atoms with van der Waals surface area (Å²) in [7, 11) is 0. The first-order valence-corrected chi connectivity index (χ1v) is 5.45. The summed E-state index contributed by atoms with van der Waals surface area (Å²) in [4.78, 5) is 0. The summed E-state index contributed by atoms with van der Waals surface area (Å²) in [6, 6.07) is -0.267. The number of nitrogens with one attached hydrogen (secondary N) is 1. The molecule has 0 radical (unpaired) electrons. The van der Waals surface area contributed by atoms with E-state index in [1.807, 2.05) is 0 Å². The number of hydrogen-bond acceptors (Lipinski definition) is 4. The van der Waals surface area contributed by atoms with Crippen molar-refractivity contribution >= 4 is 0 Å². The van der Waals surface area contributed by atoms with E-state index in [1.54, 1.807) is 0 Å². The zero-order valence-electron chi connectivity index (χ0n) is 8.75. The van der Waals surface area contributed by atoms with Crippen molar-refractivity contribution in [1.29, 1.82) is 0 Å². The lowest BCUT2D eigenvalue weighted by molar-refractivity contribution is -0.0633. The van der Waals surface area contributed by atoms with E-state index in [2.05, 4.69) is 5.32 Å². The molecule has 5 heteroatoms. The molecule has 15 heavy (non-hydrogen) atoms. The van der Waals surface area contributed by atoms with Crippen LogP contribution in [0.25, 0.3) is 0 Å². The lowest BCUT2D eigenvalue weighted by Crippen LogP contribution is -2.49. The Morgan fingerprint density at radius 2 is 2.00 bits per heavy atom. The molecule has 88 valence electrons. The van der Waals surface area contributed by atoms with Crippen LogP contribution in [-0.4, -0.2) is 55.9 Å². The van der Waals surface area contributed by atoms with Crippen LogP contribution in [-0.2, 0) is 9.47 Å². The molecule has 2 saturated heterocycles. The molecule has 2 heterocycles. The molecule has 0 unspecified atom stereocenters. The first kappa shape index (κ1) is 11.3. The van der Waals surface area contributed by atoms with Gasteiger partial charge in [-0.15, -0.1) is 0 Å². The Hall–Kier alpha value is -0.230. The molecule has 2 rings (SSSR count). The number of rotatable bonds is 3. The van der Waals surface area contributed by atoms with Gasteiger partial charge >= 0.3 is 0 Å². The van der Waals surface area contributed by atoms with Gasteiger partial charge in [0.25, 0.3) is 0 Å². The van der Waals surface area contributed by atoms with Gasteiger partial charge in [-0.3, -0.25) is 0 Å². The molecule has 2 N–H and O–H groups in total. The van der Waals surface area contributed by atoms with E-state index in [1.165, 1.54) is 0 Å². The van der Waals surface area contributed by atoms with Crippen LogP contribution < -0.4 is 5.32 Å². The smallest absolute Gasteiger partial charge is 0.141 e. The highest BCUT2D eigenvalue weighted by molar-refractivity contribution is 4.88. The van der Waals surface area contributed by atoms with Gasteiger partial charge in [-0.05, 0) is 0 Å². The maximum atomic E-state index is 13.2. The third-order valence-electron chi connectivity index (χ3n) is 3.13. The van der Waals surface area contributed by atoms with Crippen LogP contribution in [0.3, 0.4) is 0 Å². The van der Waals surface area contributed by atoms with Gasteiger partial charge in [0.15, 0.2) is 0 Å². The fourth-order valence-electron chi connectivity index (χ4n) is 1.96. The van der Waals surface area contributed by atoms with Crippen molar-refractivity contribution < 1.29 is 19.0 Å². The van der Waals surface area contributed by atoms with Crippen LogP contribution in [0.1, 0.15) is 12.8 Å². The van der Waals surface area contributed by atoms with Crippen molar-refractivity contribution in [3.05, 3.63) is 0 Å². The molecule has 0 aromatic heterocycles. The van der Waals surface area contributed by atoms with Crippen LogP contribution >= 0.6 is 0 Å². The Kier molecular flexibility index (Phi) is 3.56. The quantitative estimate of drug-likeness (QED) is 0.693. The second-order valence-corrected chi connectivity index (χ2v) is 4.38. The molecule has 0 saturated carbocycles. The van der Waals surface area contributed by atoms with E-state index >= 15 is 0 Å². The number of hydrogen-bond donors (Lipinski definition) is 2. The summed E-state index contributed by atoms with van der Waals surface area (Å²) >= 11 is 0. The van der Waals surface area contributed by atoms with Gasteiger partial charge in [-0.25, -0.2) is 4.39 Å². The largest absolute Gasteiger partial charge is 0.388 e. The van der Waals surface area contributed by atoms with Crippen molar-refractivity contribution in [3.63, 3.8) is 0 Å². The Labute approximate surface area is 88.7 Å². The summed E-state index contributed by atoms with van der Waals surface area (Å²) < 4.78 is 23.3. The predicted octanol–water partition coefficient (Wildman–Crippen LogP) is -0.146. The van der Waals surface area contributed by atoms with Gasteiger partial charge in [0.1, 0.15) is 6.17 Å². The molecule has 2 aliphatic heterocycles. The van der Waals surface area contributed by atoms with Crippen molar-refractivity contribution in [2.45, 2.75) is 30.7 Å². The standard InChI is InChI=1S/C10H18FNO3/c11-8-5-15-6-9(8)12-7-10(13)1-3-14-4-2-10/h8-9,12-13H,1-7H2/t8-,9-/m1/s1. The summed E-state index contributed by atoms with van der Waals surface area (Å²) in [5.74, 6) is 0. The van der Waals surface area contributed by atoms with Gasteiger partial charge in [0.05, 0.1) is 24.9 Å². The average Bonchev–Trinajstić information content (AvgIpc) is 2.62. The second kappa shape index (κ2) is 4.74. The first-order valence-electron chi connectivity index (χ1n) is 5.45. The van der Waals surface area contributed by atoms with Crippen molar-refractivity contribution in [2.75, 3.05) is 33.0 Å². The molecular formula is C10H18FNO3. The second-order valence-electron chi connectivity index (χ2n) is 4.38. The highest BCUT2D eigenvalue weighted by Gasteiger charge is 2.33. The molecule has 0 amide bonds. The highest BCUT2D eigenvalue weighted by Crippen LogP contribution is 2.20. The first-order chi connectivity index (χ1) is 7.20. The van der Waals surface area contributed by atoms with E-state index in [0.29, 0.717) is 39.2 Å². The highest BCUT2D eigenvalue weighted by atomic mass is 19.1. The number of alkyl halides is 1. The third-order valence-corrected chi connectivity index (χ3v) is 3.13. The molecule has 0 spiro atoms. The fraction of sp³-hybridized carbons (Fsp3) is 1.00. The van der Waals surface area contributed by atoms with Gasteiger partial charge in [-0.2, -0.15) is 0 Å². The lowest BCUT2D eigenvalue weighted by atomic mass is 9.94. The molecule has 0 bridgehead atoms. The predicted molar refractivity (Wildman–Crippen MR) is 52.5 cm³/mol. The van der Waals surface area contributed by atoms with Gasteiger partial charge < -0.3 is 19.9 Å². The van der Waals surface area contributed by atoms with Crippen molar-refractivity contribution in [3.8, 4) is 0 Å². The lowest BCUT2D eigenvalue weighted by Gasteiger charge is -2.33. The molecule has 4 nitrogen and oxygen atoms in total. The number of ether oxygens (including phenoxy) is 2. The van der Waals surface area contributed by atoms with Gasteiger partial charge in [0, 0.05) is 32.6 Å². The maximum absolute atomic E-state index is 13.2. The van der Waals surface area contributed by atoms with E-state index in [-0.39, 0.29) is 12.6 Å². The molecule has 2 aliphatic rings. The van der Waals surface area contributed by atoms with E-state index in [0.717, 1.165) is 0 Å². The van der Waals surface area contributed by atoms with Crippen LogP contribution in [0, 0.1) is 0 Å². The van der Waals surface area contributed by atoms with Crippen LogP contribution in [0.15, 0.2) is 0 Å². The summed E-state index contributed by atoms with van der Waals surface area (Å²) in [5.41, 5.74) is -0.736. The number of aliphatic hydroxyl groups is 1. The minimum absolute atomic E-state index is 0.166. The van der Waals surface area contributed by atoms with Gasteiger partial charge in [-0.1, -0.05) is 0 Å². The fourth-order valence-corrected chi connectivity index (χ4v) is 1.96. The Morgan fingerprint density at radius 1 is 1.27 bits per heavy atom. The third kappa shape index (κ3) is 2.87. The SMILES string of the molecule is OC1(CN[C@@H]2COC[C@H]2F)CCOCC1. The molecular weight excluding hydrogens is 201 g/mol. The summed E-state index contributed by atoms with van der Waals surface area (Å²) in [6.45, 7) is 2.15. The summed E-state index contributed by atoms with van der Waals surface area (Å²) in [6.07, 6.45) is 0.281. The molecule has 2 atom stereocenters. The molecule has 0 aromatic rings. The topological polar surface area (TPSA) is 50.7 Å². The van der Waals surface area contributed by atoms with E-state index < -0.39 is 11.8 Å². The zero-order valence-corrected chi connectivity index (χ0v) is 8.75. The maximum Gasteiger partial charge on any atom is 0.141 e. The van der Waals surface area contributed by atoms with Crippen LogP contribution in [0.2, 0.25) is 0 Å². The van der Waals surface area contributed by atoms with E-state index in [9.17, 15) is 9.50 Å². The Balaban J connectivity index is 1.76. The number of halogens is 1. The molecule has 0 aliphatic carbocycles. The monoisotopic (exact) mass is 219 g/mol. The van der Waals surface area contributed by atoms with Gasteiger partial charge in [0.2, 0.25) is 0 Å².